The maximum absolute atomic E-state index is 12.5. The Morgan fingerprint density at radius 3 is 2.71 bits per heavy atom. The van der Waals surface area contributed by atoms with Gasteiger partial charge in [-0.15, -0.1) is 0 Å². The molecule has 6 heteroatoms. The predicted molar refractivity (Wildman–Crippen MR) is 85.1 cm³/mol. The van der Waals surface area contributed by atoms with Crippen molar-refractivity contribution in [2.45, 2.75) is 13.8 Å². The van der Waals surface area contributed by atoms with Crippen molar-refractivity contribution in [2.24, 2.45) is 0 Å². The average molecular weight is 328 g/mol. The molecule has 1 aromatic heterocycles. The number of ketones is 1. The van der Waals surface area contributed by atoms with Gasteiger partial charge in [0.05, 0.1) is 5.56 Å². The van der Waals surface area contributed by atoms with E-state index in [0.29, 0.717) is 28.4 Å². The van der Waals surface area contributed by atoms with Gasteiger partial charge in [0, 0.05) is 19.3 Å². The van der Waals surface area contributed by atoms with Crippen molar-refractivity contribution in [3.05, 3.63) is 52.7 Å². The summed E-state index contributed by atoms with van der Waals surface area (Å²) < 4.78 is 20.9. The van der Waals surface area contributed by atoms with Crippen LogP contribution in [0.25, 0.3) is 6.08 Å². The second-order valence-corrected chi connectivity index (χ2v) is 5.41. The summed E-state index contributed by atoms with van der Waals surface area (Å²) in [5.74, 6) is 1.35. The third-order valence-corrected chi connectivity index (χ3v) is 3.47. The maximum atomic E-state index is 12.5. The average Bonchev–Trinajstić information content (AvgIpc) is 3.04. The number of furan rings is 1. The van der Waals surface area contributed by atoms with Crippen molar-refractivity contribution in [1.29, 1.82) is 0 Å². The Hall–Kier alpha value is -2.86. The van der Waals surface area contributed by atoms with E-state index < -0.39 is 5.97 Å². The third kappa shape index (κ3) is 3.09. The number of rotatable bonds is 4. The van der Waals surface area contributed by atoms with E-state index in [0.717, 1.165) is 5.76 Å². The van der Waals surface area contributed by atoms with E-state index >= 15 is 0 Å². The van der Waals surface area contributed by atoms with Gasteiger partial charge in [-0.3, -0.25) is 4.79 Å². The third-order valence-electron chi connectivity index (χ3n) is 3.47. The van der Waals surface area contributed by atoms with Crippen molar-refractivity contribution in [3.63, 3.8) is 0 Å². The van der Waals surface area contributed by atoms with Gasteiger partial charge in [-0.25, -0.2) is 4.79 Å². The molecule has 0 aliphatic carbocycles. The smallest absolute Gasteiger partial charge is 0.337 e. The Bertz CT molecular complexity index is 843. The lowest BCUT2D eigenvalue weighted by Gasteiger charge is -2.07. The van der Waals surface area contributed by atoms with Crippen LogP contribution < -0.4 is 9.47 Å². The molecular weight excluding hydrogens is 312 g/mol. The molecule has 6 nitrogen and oxygen atoms in total. The van der Waals surface area contributed by atoms with E-state index in [-0.39, 0.29) is 18.1 Å². The number of hydrogen-bond acceptors (Lipinski definition) is 6. The normalized spacial score (nSPS) is 14.6. The highest BCUT2D eigenvalue weighted by Gasteiger charge is 2.30. The Kier molecular flexibility index (Phi) is 4.22. The van der Waals surface area contributed by atoms with Gasteiger partial charge in [0.2, 0.25) is 5.78 Å². The van der Waals surface area contributed by atoms with Crippen molar-refractivity contribution in [1.82, 2.24) is 0 Å². The Morgan fingerprint density at radius 2 is 2.04 bits per heavy atom. The molecule has 2 heterocycles. The molecule has 0 saturated carbocycles. The summed E-state index contributed by atoms with van der Waals surface area (Å²) in [4.78, 5) is 24.0. The number of hydrogen-bond donors (Lipinski definition) is 0. The van der Waals surface area contributed by atoms with Gasteiger partial charge < -0.3 is 18.6 Å². The largest absolute Gasteiger partial charge is 0.462 e. The van der Waals surface area contributed by atoms with Crippen LogP contribution in [0.2, 0.25) is 0 Å². The van der Waals surface area contributed by atoms with Crippen molar-refractivity contribution in [3.8, 4) is 11.5 Å². The number of allylic oxidation sites excluding steroid dienone is 1. The zero-order valence-corrected chi connectivity index (χ0v) is 13.5. The molecule has 0 unspecified atom stereocenters. The number of ether oxygens (including phenoxy) is 3. The first-order valence-corrected chi connectivity index (χ1v) is 7.33. The first kappa shape index (κ1) is 16.0. The van der Waals surface area contributed by atoms with Gasteiger partial charge in [-0.2, -0.15) is 0 Å². The number of carbonyl (C=O) groups is 2. The lowest BCUT2D eigenvalue weighted by atomic mass is 10.0. The van der Waals surface area contributed by atoms with Crippen molar-refractivity contribution >= 4 is 17.8 Å². The molecule has 2 aromatic rings. The van der Waals surface area contributed by atoms with Crippen LogP contribution in [0.1, 0.15) is 27.4 Å². The lowest BCUT2D eigenvalue weighted by molar-refractivity contribution is -0.138. The van der Waals surface area contributed by atoms with Gasteiger partial charge in [-0.05, 0) is 37.6 Å². The zero-order valence-electron chi connectivity index (χ0n) is 13.5. The van der Waals surface area contributed by atoms with Crippen LogP contribution in [0.4, 0.5) is 0 Å². The monoisotopic (exact) mass is 328 g/mol. The SMILES string of the molecule is COCC(=O)Oc1cc(C)c2c(c1)O/C(=C\c1ccc(C)o1)C2=O. The topological polar surface area (TPSA) is 75.0 Å². The quantitative estimate of drug-likeness (QED) is 0.488. The summed E-state index contributed by atoms with van der Waals surface area (Å²) in [7, 11) is 1.41. The summed E-state index contributed by atoms with van der Waals surface area (Å²) in [6, 6.07) is 6.69. The number of carbonyl (C=O) groups excluding carboxylic acids is 2. The molecule has 0 N–H and O–H groups in total. The molecular formula is C18H16O6. The van der Waals surface area contributed by atoms with Crippen LogP contribution in [0.5, 0.6) is 11.5 Å². The minimum atomic E-state index is -0.525. The van der Waals surface area contributed by atoms with E-state index in [2.05, 4.69) is 0 Å². The predicted octanol–water partition coefficient (Wildman–Crippen LogP) is 3.06. The van der Waals surface area contributed by atoms with Crippen LogP contribution in [0.3, 0.4) is 0 Å². The second-order valence-electron chi connectivity index (χ2n) is 5.41. The number of esters is 1. The van der Waals surface area contributed by atoms with E-state index in [1.165, 1.54) is 13.2 Å². The minimum Gasteiger partial charge on any atom is -0.462 e. The molecule has 0 spiro atoms. The number of benzene rings is 1. The Morgan fingerprint density at radius 1 is 1.25 bits per heavy atom. The fourth-order valence-electron chi connectivity index (χ4n) is 2.48. The summed E-state index contributed by atoms with van der Waals surface area (Å²) in [5.41, 5.74) is 1.12. The fourth-order valence-corrected chi connectivity index (χ4v) is 2.48. The lowest BCUT2D eigenvalue weighted by Crippen LogP contribution is -2.14. The second kappa shape index (κ2) is 6.33. The number of Topliss-reactive ketones (excluding diaryl/α,β-unsaturated/α-hetero) is 1. The van der Waals surface area contributed by atoms with Gasteiger partial charge in [0.1, 0.15) is 29.6 Å². The van der Waals surface area contributed by atoms with Crippen LogP contribution in [-0.4, -0.2) is 25.5 Å². The first-order valence-electron chi connectivity index (χ1n) is 7.33. The molecule has 0 amide bonds. The first-order chi connectivity index (χ1) is 11.5. The number of methoxy groups -OCH3 is 1. The zero-order chi connectivity index (χ0) is 17.3. The highest BCUT2D eigenvalue weighted by molar-refractivity contribution is 6.15. The summed E-state index contributed by atoms with van der Waals surface area (Å²) in [6.07, 6.45) is 1.55. The molecule has 0 fully saturated rings. The van der Waals surface area contributed by atoms with Crippen LogP contribution in [0.15, 0.2) is 34.4 Å². The van der Waals surface area contributed by atoms with Crippen LogP contribution in [0, 0.1) is 13.8 Å². The minimum absolute atomic E-state index is 0.154. The summed E-state index contributed by atoms with van der Waals surface area (Å²) in [5, 5.41) is 0. The number of fused-ring (bicyclic) bond motifs is 1. The van der Waals surface area contributed by atoms with Gasteiger partial charge >= 0.3 is 5.97 Å². The fraction of sp³-hybridized carbons (Fsp3) is 0.222. The molecule has 1 aromatic carbocycles. The van der Waals surface area contributed by atoms with Gasteiger partial charge in [-0.1, -0.05) is 0 Å². The number of aryl methyl sites for hydroxylation is 2. The molecule has 1 aliphatic heterocycles. The van der Waals surface area contributed by atoms with Crippen LogP contribution >= 0.6 is 0 Å². The van der Waals surface area contributed by atoms with E-state index in [9.17, 15) is 9.59 Å². The van der Waals surface area contributed by atoms with E-state index in [1.807, 2.05) is 6.92 Å². The van der Waals surface area contributed by atoms with Gasteiger partial charge in [0.25, 0.3) is 0 Å². The molecule has 0 bridgehead atoms. The van der Waals surface area contributed by atoms with Crippen molar-refractivity contribution < 1.29 is 28.2 Å². The standard InChI is InChI=1S/C18H16O6/c1-10-6-13(23-16(19)9-21-3)8-14-17(10)18(20)15(24-14)7-12-5-4-11(2)22-12/h4-8H,9H2,1-3H3/b15-7-. The van der Waals surface area contributed by atoms with E-state index in [4.69, 9.17) is 18.6 Å². The molecule has 1 aliphatic rings. The molecule has 3 rings (SSSR count). The highest BCUT2D eigenvalue weighted by atomic mass is 16.6. The molecule has 0 atom stereocenters. The van der Waals surface area contributed by atoms with Crippen LogP contribution in [-0.2, 0) is 9.53 Å². The molecule has 0 saturated heterocycles. The highest BCUT2D eigenvalue weighted by Crippen LogP contribution is 2.37. The molecule has 24 heavy (non-hydrogen) atoms. The summed E-state index contributed by atoms with van der Waals surface area (Å²) in [6.45, 7) is 3.42. The molecule has 124 valence electrons. The Labute approximate surface area is 138 Å². The van der Waals surface area contributed by atoms with E-state index in [1.54, 1.807) is 31.2 Å². The van der Waals surface area contributed by atoms with Crippen molar-refractivity contribution in [2.75, 3.05) is 13.7 Å². The Balaban J connectivity index is 1.89. The van der Waals surface area contributed by atoms with Gasteiger partial charge in [0.15, 0.2) is 5.76 Å². The molecule has 0 radical (unpaired) electrons. The summed E-state index contributed by atoms with van der Waals surface area (Å²) >= 11 is 0. The maximum Gasteiger partial charge on any atom is 0.337 e.